The Morgan fingerprint density at radius 1 is 1.00 bits per heavy atom. The third kappa shape index (κ3) is 2.82. The number of hydrogen-bond donors (Lipinski definition) is 1. The van der Waals surface area contributed by atoms with Crippen molar-refractivity contribution in [2.45, 2.75) is 25.2 Å². The molecule has 4 rings (SSSR count). The van der Waals surface area contributed by atoms with Gasteiger partial charge in [0.15, 0.2) is 0 Å². The van der Waals surface area contributed by atoms with E-state index in [4.69, 9.17) is 0 Å². The molecule has 3 nitrogen and oxygen atoms in total. The van der Waals surface area contributed by atoms with Gasteiger partial charge in [0.25, 0.3) is 5.91 Å². The van der Waals surface area contributed by atoms with Gasteiger partial charge in [-0.3, -0.25) is 4.79 Å². The molecule has 0 saturated carbocycles. The first kappa shape index (κ1) is 15.0. The minimum atomic E-state index is 0.148. The van der Waals surface area contributed by atoms with Crippen molar-refractivity contribution in [3.8, 4) is 0 Å². The lowest BCUT2D eigenvalue weighted by molar-refractivity contribution is 0.0756. The maximum Gasteiger partial charge on any atom is 0.256 e. The minimum Gasteiger partial charge on any atom is -0.360 e. The Morgan fingerprint density at radius 3 is 2.67 bits per heavy atom. The third-order valence-electron chi connectivity index (χ3n) is 5.05. The number of aromatic nitrogens is 1. The lowest BCUT2D eigenvalue weighted by Crippen LogP contribution is -2.34. The quantitative estimate of drug-likeness (QED) is 0.738. The summed E-state index contributed by atoms with van der Waals surface area (Å²) >= 11 is 0. The Kier molecular flexibility index (Phi) is 4.08. The predicted molar refractivity (Wildman–Crippen MR) is 97.2 cm³/mol. The maximum atomic E-state index is 13.1. The van der Waals surface area contributed by atoms with Crippen LogP contribution in [0.2, 0.25) is 0 Å². The van der Waals surface area contributed by atoms with E-state index in [1.165, 1.54) is 12.0 Å². The van der Waals surface area contributed by atoms with Crippen LogP contribution >= 0.6 is 0 Å². The molecular formula is C21H22N2O. The van der Waals surface area contributed by atoms with E-state index < -0.39 is 0 Å². The Morgan fingerprint density at radius 2 is 1.79 bits per heavy atom. The van der Waals surface area contributed by atoms with Crippen LogP contribution in [0.1, 0.15) is 41.1 Å². The highest BCUT2D eigenvalue weighted by atomic mass is 16.2. The predicted octanol–water partition coefficient (Wildman–Crippen LogP) is 4.58. The molecule has 24 heavy (non-hydrogen) atoms. The van der Waals surface area contributed by atoms with Gasteiger partial charge in [-0.15, -0.1) is 0 Å². The van der Waals surface area contributed by atoms with E-state index in [1.54, 1.807) is 0 Å². The van der Waals surface area contributed by atoms with Crippen LogP contribution in [0.15, 0.2) is 60.8 Å². The van der Waals surface area contributed by atoms with Gasteiger partial charge < -0.3 is 9.88 Å². The van der Waals surface area contributed by atoms with Gasteiger partial charge in [-0.05, 0) is 24.5 Å². The zero-order chi connectivity index (χ0) is 16.4. The molecule has 1 atom stereocenters. The number of rotatable bonds is 2. The molecule has 2 heterocycles. The van der Waals surface area contributed by atoms with Crippen LogP contribution in [-0.2, 0) is 0 Å². The molecule has 1 unspecified atom stereocenters. The summed E-state index contributed by atoms with van der Waals surface area (Å²) in [5.41, 5.74) is 3.16. The molecule has 1 amide bonds. The molecule has 1 aliphatic rings. The number of nitrogens with zero attached hydrogens (tertiary/aromatic N) is 1. The Hall–Kier alpha value is -2.55. The zero-order valence-electron chi connectivity index (χ0n) is 13.7. The lowest BCUT2D eigenvalue weighted by atomic mass is 9.94. The van der Waals surface area contributed by atoms with Crippen molar-refractivity contribution < 1.29 is 4.79 Å². The molecule has 122 valence electrons. The molecule has 0 bridgehead atoms. The summed E-state index contributed by atoms with van der Waals surface area (Å²) in [6.45, 7) is 1.66. The first-order valence-corrected chi connectivity index (χ1v) is 8.73. The largest absolute Gasteiger partial charge is 0.360 e. The minimum absolute atomic E-state index is 0.148. The van der Waals surface area contributed by atoms with Crippen molar-refractivity contribution in [1.29, 1.82) is 0 Å². The molecule has 1 N–H and O–H groups in total. The molecule has 0 spiro atoms. The normalized spacial score (nSPS) is 18.5. The highest BCUT2D eigenvalue weighted by Gasteiger charge is 2.25. The highest BCUT2D eigenvalue weighted by Crippen LogP contribution is 2.28. The van der Waals surface area contributed by atoms with E-state index in [2.05, 4.69) is 35.3 Å². The number of carbonyl (C=O) groups excluding carboxylic acids is 1. The Balaban J connectivity index is 1.61. The van der Waals surface area contributed by atoms with E-state index in [9.17, 15) is 4.79 Å². The van der Waals surface area contributed by atoms with Gasteiger partial charge in [-0.1, -0.05) is 55.0 Å². The number of likely N-dealkylation sites (tertiary alicyclic amines) is 1. The van der Waals surface area contributed by atoms with Crippen molar-refractivity contribution in [2.24, 2.45) is 0 Å². The van der Waals surface area contributed by atoms with Gasteiger partial charge in [0.1, 0.15) is 0 Å². The van der Waals surface area contributed by atoms with Gasteiger partial charge in [0, 0.05) is 36.1 Å². The van der Waals surface area contributed by atoms with E-state index in [0.717, 1.165) is 42.4 Å². The van der Waals surface area contributed by atoms with E-state index in [1.807, 2.05) is 35.4 Å². The number of H-pyrrole nitrogens is 1. The van der Waals surface area contributed by atoms with Crippen molar-refractivity contribution in [1.82, 2.24) is 9.88 Å². The van der Waals surface area contributed by atoms with Gasteiger partial charge in [0.05, 0.1) is 5.56 Å². The molecule has 3 heteroatoms. The van der Waals surface area contributed by atoms with Gasteiger partial charge in [-0.2, -0.15) is 0 Å². The summed E-state index contributed by atoms with van der Waals surface area (Å²) in [7, 11) is 0. The van der Waals surface area contributed by atoms with Crippen LogP contribution in [0, 0.1) is 0 Å². The van der Waals surface area contributed by atoms with Crippen molar-refractivity contribution in [3.63, 3.8) is 0 Å². The molecule has 3 aromatic rings. The molecule has 1 aromatic heterocycles. The summed E-state index contributed by atoms with van der Waals surface area (Å²) in [4.78, 5) is 18.4. The molecule has 0 radical (unpaired) electrons. The number of para-hydroxylation sites is 1. The Labute approximate surface area is 142 Å². The Bertz CT molecular complexity index is 837. The van der Waals surface area contributed by atoms with Gasteiger partial charge >= 0.3 is 0 Å². The fourth-order valence-corrected chi connectivity index (χ4v) is 3.74. The smallest absolute Gasteiger partial charge is 0.256 e. The number of aromatic amines is 1. The van der Waals surface area contributed by atoms with E-state index in [0.29, 0.717) is 5.92 Å². The number of carbonyl (C=O) groups is 1. The molecule has 1 saturated heterocycles. The summed E-state index contributed by atoms with van der Waals surface area (Å²) in [5.74, 6) is 0.582. The average Bonchev–Trinajstić information content (AvgIpc) is 2.91. The van der Waals surface area contributed by atoms with Crippen LogP contribution in [0.3, 0.4) is 0 Å². The van der Waals surface area contributed by atoms with Crippen LogP contribution in [0.5, 0.6) is 0 Å². The van der Waals surface area contributed by atoms with Crippen LogP contribution in [-0.4, -0.2) is 28.9 Å². The maximum absolute atomic E-state index is 13.1. The van der Waals surface area contributed by atoms with Crippen LogP contribution in [0.25, 0.3) is 10.9 Å². The summed E-state index contributed by atoms with van der Waals surface area (Å²) in [6.07, 6.45) is 5.27. The molecule has 1 aliphatic heterocycles. The average molecular weight is 318 g/mol. The monoisotopic (exact) mass is 318 g/mol. The number of fused-ring (bicyclic) bond motifs is 1. The van der Waals surface area contributed by atoms with Gasteiger partial charge in [0.2, 0.25) is 0 Å². The van der Waals surface area contributed by atoms with Crippen molar-refractivity contribution in [3.05, 3.63) is 71.9 Å². The third-order valence-corrected chi connectivity index (χ3v) is 5.05. The van der Waals surface area contributed by atoms with Gasteiger partial charge in [-0.25, -0.2) is 0 Å². The fraction of sp³-hybridized carbons (Fsp3) is 0.286. The second-order valence-corrected chi connectivity index (χ2v) is 6.60. The molecule has 0 aliphatic carbocycles. The number of amides is 1. The second kappa shape index (κ2) is 6.52. The fourth-order valence-electron chi connectivity index (χ4n) is 3.74. The van der Waals surface area contributed by atoms with E-state index in [-0.39, 0.29) is 5.91 Å². The molecule has 2 aromatic carbocycles. The summed E-state index contributed by atoms with van der Waals surface area (Å²) in [6, 6.07) is 18.6. The summed E-state index contributed by atoms with van der Waals surface area (Å²) < 4.78 is 0. The number of hydrogen-bond acceptors (Lipinski definition) is 1. The summed E-state index contributed by atoms with van der Waals surface area (Å²) in [5, 5.41) is 1.02. The highest BCUT2D eigenvalue weighted by molar-refractivity contribution is 6.06. The van der Waals surface area contributed by atoms with Crippen LogP contribution in [0.4, 0.5) is 0 Å². The first-order valence-electron chi connectivity index (χ1n) is 8.73. The van der Waals surface area contributed by atoms with Crippen molar-refractivity contribution in [2.75, 3.05) is 13.1 Å². The molecule has 1 fully saturated rings. The molecular weight excluding hydrogens is 296 g/mol. The zero-order valence-corrected chi connectivity index (χ0v) is 13.7. The number of nitrogens with one attached hydrogen (secondary N) is 1. The van der Waals surface area contributed by atoms with E-state index >= 15 is 0 Å². The van der Waals surface area contributed by atoms with Crippen LogP contribution < -0.4 is 0 Å². The standard InChI is InChI=1S/C21H22N2O/c24-21(19-14-22-20-12-5-4-11-18(19)20)23-13-7-6-10-17(15-23)16-8-2-1-3-9-16/h1-5,8-9,11-12,14,17,22H,6-7,10,13,15H2. The topological polar surface area (TPSA) is 36.1 Å². The van der Waals surface area contributed by atoms with Crippen molar-refractivity contribution >= 4 is 16.8 Å². The SMILES string of the molecule is O=C(c1c[nH]c2ccccc12)N1CCCCC(c2ccccc2)C1. The number of benzene rings is 2. The lowest BCUT2D eigenvalue weighted by Gasteiger charge is -2.24. The first-order chi connectivity index (χ1) is 11.8. The second-order valence-electron chi connectivity index (χ2n) is 6.60.